The number of halogens is 1. The number of anilines is 1. The van der Waals surface area contributed by atoms with E-state index >= 15 is 4.39 Å². The van der Waals surface area contributed by atoms with Crippen molar-refractivity contribution in [1.29, 1.82) is 0 Å². The number of nitrogens with one attached hydrogen (secondary N) is 1. The molecule has 10 heteroatoms. The summed E-state index contributed by atoms with van der Waals surface area (Å²) in [5.74, 6) is -1.85. The molecule has 1 atom stereocenters. The largest absolute Gasteiger partial charge is 0.477 e. The Morgan fingerprint density at radius 3 is 2.80 bits per heavy atom. The minimum Gasteiger partial charge on any atom is -0.477 e. The van der Waals surface area contributed by atoms with Crippen molar-refractivity contribution in [2.75, 3.05) is 32.1 Å². The molecule has 1 aliphatic heterocycles. The van der Waals surface area contributed by atoms with E-state index < -0.39 is 22.8 Å². The summed E-state index contributed by atoms with van der Waals surface area (Å²) >= 11 is 0. The third-order valence-electron chi connectivity index (χ3n) is 5.93. The maximum Gasteiger partial charge on any atom is 0.341 e. The highest BCUT2D eigenvalue weighted by Crippen LogP contribution is 2.37. The summed E-state index contributed by atoms with van der Waals surface area (Å²) < 4.78 is 16.8. The van der Waals surface area contributed by atoms with Crippen molar-refractivity contribution in [2.24, 2.45) is 5.16 Å². The van der Waals surface area contributed by atoms with Gasteiger partial charge in [0, 0.05) is 31.7 Å². The van der Waals surface area contributed by atoms with Crippen molar-refractivity contribution in [2.45, 2.75) is 37.8 Å². The smallest absolute Gasteiger partial charge is 0.341 e. The second-order valence-corrected chi connectivity index (χ2v) is 7.95. The number of rotatable bonds is 5. The van der Waals surface area contributed by atoms with Crippen molar-refractivity contribution in [3.63, 3.8) is 0 Å². The molecule has 1 saturated carbocycles. The third-order valence-corrected chi connectivity index (χ3v) is 5.93. The first-order valence-electron chi connectivity index (χ1n) is 9.82. The van der Waals surface area contributed by atoms with E-state index in [1.54, 1.807) is 11.6 Å². The number of likely N-dealkylation sites (N-methyl/N-ethyl adjacent to an activating group) is 1. The highest BCUT2D eigenvalue weighted by molar-refractivity contribution is 5.95. The van der Waals surface area contributed by atoms with Crippen molar-refractivity contribution in [3.8, 4) is 0 Å². The monoisotopic (exact) mass is 417 g/mol. The Morgan fingerprint density at radius 2 is 2.20 bits per heavy atom. The Hall–Kier alpha value is -3.01. The van der Waals surface area contributed by atoms with Gasteiger partial charge in [0.2, 0.25) is 5.43 Å². The average Bonchev–Trinajstić information content (AvgIpc) is 3.55. The van der Waals surface area contributed by atoms with E-state index in [2.05, 4.69) is 15.5 Å². The summed E-state index contributed by atoms with van der Waals surface area (Å²) in [5.41, 5.74) is -0.497. The lowest BCUT2D eigenvalue weighted by Gasteiger charge is -2.41. The highest BCUT2D eigenvalue weighted by atomic mass is 19.1. The molecule has 1 saturated heterocycles. The van der Waals surface area contributed by atoms with Gasteiger partial charge in [0.15, 0.2) is 11.6 Å². The molecule has 4 rings (SSSR count). The van der Waals surface area contributed by atoms with Gasteiger partial charge in [-0.3, -0.25) is 4.79 Å². The lowest BCUT2D eigenvalue weighted by atomic mass is 9.89. The molecule has 0 amide bonds. The van der Waals surface area contributed by atoms with E-state index in [4.69, 9.17) is 4.84 Å². The summed E-state index contributed by atoms with van der Waals surface area (Å²) in [6.07, 6.45) is 3.61. The van der Waals surface area contributed by atoms with Crippen LogP contribution >= 0.6 is 0 Å². The Bertz CT molecular complexity index is 1110. The molecule has 160 valence electrons. The lowest BCUT2D eigenvalue weighted by molar-refractivity contribution is 0.0695. The molecule has 2 fully saturated rings. The summed E-state index contributed by atoms with van der Waals surface area (Å²) in [6, 6.07) is 1.18. The van der Waals surface area contributed by atoms with Crippen LogP contribution in [0.25, 0.3) is 11.0 Å². The van der Waals surface area contributed by atoms with Crippen LogP contribution in [-0.2, 0) is 4.84 Å². The number of aromatic nitrogens is 2. The molecule has 0 spiro atoms. The molecule has 1 aliphatic carbocycles. The Labute approximate surface area is 172 Å². The molecule has 2 aromatic heterocycles. The molecule has 0 radical (unpaired) electrons. The second kappa shape index (κ2) is 7.35. The van der Waals surface area contributed by atoms with Crippen LogP contribution in [0.3, 0.4) is 0 Å². The maximum atomic E-state index is 15.1. The van der Waals surface area contributed by atoms with E-state index in [0.717, 1.165) is 24.6 Å². The highest BCUT2D eigenvalue weighted by Gasteiger charge is 2.38. The number of fused-ring (bicyclic) bond motifs is 1. The first-order chi connectivity index (χ1) is 14.3. The molecule has 2 aromatic rings. The van der Waals surface area contributed by atoms with E-state index in [1.165, 1.54) is 13.3 Å². The number of aromatic carboxylic acids is 1. The van der Waals surface area contributed by atoms with Crippen LogP contribution in [-0.4, -0.2) is 59.1 Å². The number of nitrogens with zero attached hydrogens (tertiary/aromatic N) is 4. The summed E-state index contributed by atoms with van der Waals surface area (Å²) in [5, 5.41) is 16.7. The van der Waals surface area contributed by atoms with Gasteiger partial charge in [0.1, 0.15) is 18.3 Å². The fourth-order valence-corrected chi connectivity index (χ4v) is 3.97. The van der Waals surface area contributed by atoms with Crippen LogP contribution in [0, 0.1) is 5.82 Å². The molecule has 2 N–H and O–H groups in total. The number of carboxylic acids is 1. The van der Waals surface area contributed by atoms with E-state index in [0.29, 0.717) is 25.2 Å². The topological polar surface area (TPSA) is 109 Å². The number of hydrogen-bond donors (Lipinski definition) is 2. The van der Waals surface area contributed by atoms with E-state index in [1.807, 2.05) is 11.8 Å². The standard InChI is InChI=1S/C20H24FN5O4/c1-20(22-2)10-25(7-6-15(20)24-30-3)18-14(21)8-12-16(27)13(19(28)29)9-26(11-4-5-11)17(12)23-18/h8-9,11,22H,4-7,10H2,1-3H3,(H,28,29)/b24-15+. The first kappa shape index (κ1) is 20.3. The number of piperidine rings is 1. The number of carbonyl (C=O) groups is 1. The molecule has 0 bridgehead atoms. The molecule has 0 aromatic carbocycles. The van der Waals surface area contributed by atoms with Crippen molar-refractivity contribution < 1.29 is 19.1 Å². The molecule has 3 heterocycles. The molecule has 30 heavy (non-hydrogen) atoms. The summed E-state index contributed by atoms with van der Waals surface area (Å²) in [7, 11) is 3.29. The van der Waals surface area contributed by atoms with Gasteiger partial charge in [-0.05, 0) is 32.9 Å². The number of hydrogen-bond acceptors (Lipinski definition) is 7. The van der Waals surface area contributed by atoms with Crippen LogP contribution in [0.15, 0.2) is 22.2 Å². The third kappa shape index (κ3) is 3.30. The SMILES string of the molecule is CNC1(C)CN(c2nc3c(cc2F)c(=O)c(C(=O)O)cn3C2CC2)CC/C1=N\OC. The first-order valence-corrected chi connectivity index (χ1v) is 9.82. The van der Waals surface area contributed by atoms with Gasteiger partial charge in [-0.1, -0.05) is 5.16 Å². The minimum absolute atomic E-state index is 0.0157. The van der Waals surface area contributed by atoms with Crippen LogP contribution in [0.2, 0.25) is 0 Å². The zero-order valence-corrected chi connectivity index (χ0v) is 17.1. The predicted molar refractivity (Wildman–Crippen MR) is 110 cm³/mol. The predicted octanol–water partition coefficient (Wildman–Crippen LogP) is 1.76. The van der Waals surface area contributed by atoms with Gasteiger partial charge in [0.25, 0.3) is 0 Å². The van der Waals surface area contributed by atoms with Gasteiger partial charge in [-0.25, -0.2) is 14.2 Å². The van der Waals surface area contributed by atoms with Crippen LogP contribution in [0.5, 0.6) is 0 Å². The van der Waals surface area contributed by atoms with Crippen molar-refractivity contribution in [1.82, 2.24) is 14.9 Å². The lowest BCUT2D eigenvalue weighted by Crippen LogP contribution is -2.60. The fraction of sp³-hybridized carbons (Fsp3) is 0.500. The number of pyridine rings is 2. The summed E-state index contributed by atoms with van der Waals surface area (Å²) in [4.78, 5) is 35.4. The van der Waals surface area contributed by atoms with Crippen LogP contribution in [0.4, 0.5) is 10.2 Å². The quantitative estimate of drug-likeness (QED) is 0.714. The number of oxime groups is 1. The molecular weight excluding hydrogens is 393 g/mol. The second-order valence-electron chi connectivity index (χ2n) is 7.95. The molecule has 2 aliphatic rings. The maximum absolute atomic E-state index is 15.1. The number of carboxylic acid groups (broad SMARTS) is 1. The zero-order valence-electron chi connectivity index (χ0n) is 17.1. The van der Waals surface area contributed by atoms with Crippen molar-refractivity contribution >= 4 is 28.5 Å². The Morgan fingerprint density at radius 1 is 1.47 bits per heavy atom. The van der Waals surface area contributed by atoms with Crippen molar-refractivity contribution in [3.05, 3.63) is 33.9 Å². The molecular formula is C20H24FN5O4. The molecule has 9 nitrogen and oxygen atoms in total. The summed E-state index contributed by atoms with van der Waals surface area (Å²) in [6.45, 7) is 2.84. The normalized spacial score (nSPS) is 23.2. The van der Waals surface area contributed by atoms with Crippen LogP contribution < -0.4 is 15.6 Å². The van der Waals surface area contributed by atoms with Gasteiger partial charge in [0.05, 0.1) is 16.6 Å². The Balaban J connectivity index is 1.83. The van der Waals surface area contributed by atoms with Gasteiger partial charge < -0.3 is 24.7 Å². The van der Waals surface area contributed by atoms with Gasteiger partial charge >= 0.3 is 5.97 Å². The fourth-order valence-electron chi connectivity index (χ4n) is 3.97. The average molecular weight is 417 g/mol. The Kier molecular flexibility index (Phi) is 4.97. The van der Waals surface area contributed by atoms with Gasteiger partial charge in [-0.15, -0.1) is 0 Å². The van der Waals surface area contributed by atoms with E-state index in [9.17, 15) is 14.7 Å². The zero-order chi connectivity index (χ0) is 21.6. The van der Waals surface area contributed by atoms with Gasteiger partial charge in [-0.2, -0.15) is 0 Å². The minimum atomic E-state index is -1.33. The van der Waals surface area contributed by atoms with Crippen LogP contribution in [0.1, 0.15) is 42.6 Å². The van der Waals surface area contributed by atoms with E-state index in [-0.39, 0.29) is 22.8 Å². The molecule has 1 unspecified atom stereocenters.